The third-order valence-electron chi connectivity index (χ3n) is 3.17. The number of hydrogen-bond donors (Lipinski definition) is 0. The molecule has 0 radical (unpaired) electrons. The second kappa shape index (κ2) is 4.97. The van der Waals surface area contributed by atoms with Crippen molar-refractivity contribution in [2.75, 3.05) is 6.61 Å². The summed E-state index contributed by atoms with van der Waals surface area (Å²) in [5, 5.41) is 0. The monoisotopic (exact) mass is 244 g/mol. The zero-order valence-corrected chi connectivity index (χ0v) is 11.3. The highest BCUT2D eigenvalue weighted by molar-refractivity contribution is 5.99. The van der Waals surface area contributed by atoms with Gasteiger partial charge in [0.2, 0.25) is 0 Å². The van der Waals surface area contributed by atoms with Crippen molar-refractivity contribution in [1.29, 1.82) is 0 Å². The van der Waals surface area contributed by atoms with Crippen molar-refractivity contribution in [3.05, 3.63) is 35.9 Å². The van der Waals surface area contributed by atoms with Crippen LogP contribution in [0.5, 0.6) is 5.75 Å². The highest BCUT2D eigenvalue weighted by atomic mass is 16.5. The predicted octanol–water partition coefficient (Wildman–Crippen LogP) is 3.86. The van der Waals surface area contributed by atoms with Crippen LogP contribution in [0, 0.1) is 5.41 Å². The number of ether oxygens (including phenoxy) is 1. The fourth-order valence-electron chi connectivity index (χ4n) is 2.48. The summed E-state index contributed by atoms with van der Waals surface area (Å²) >= 11 is 0. The number of allylic oxidation sites excluding steroid dienone is 2. The number of hydrogen-bond acceptors (Lipinski definition) is 2. The van der Waals surface area contributed by atoms with Gasteiger partial charge in [0, 0.05) is 6.42 Å². The van der Waals surface area contributed by atoms with Gasteiger partial charge >= 0.3 is 0 Å². The summed E-state index contributed by atoms with van der Waals surface area (Å²) in [5.41, 5.74) is 2.28. The maximum Gasteiger partial charge on any atom is 0.156 e. The summed E-state index contributed by atoms with van der Waals surface area (Å²) in [6.07, 6.45) is 3.37. The van der Waals surface area contributed by atoms with Crippen LogP contribution in [-0.4, -0.2) is 12.4 Å². The summed E-state index contributed by atoms with van der Waals surface area (Å²) in [7, 11) is 0. The van der Waals surface area contributed by atoms with E-state index < -0.39 is 0 Å². The molecule has 18 heavy (non-hydrogen) atoms. The van der Waals surface area contributed by atoms with E-state index in [9.17, 15) is 4.79 Å². The molecule has 1 aromatic carbocycles. The fourth-order valence-corrected chi connectivity index (χ4v) is 2.48. The third-order valence-corrected chi connectivity index (χ3v) is 3.17. The van der Waals surface area contributed by atoms with Crippen molar-refractivity contribution in [2.45, 2.75) is 33.6 Å². The maximum atomic E-state index is 11.8. The van der Waals surface area contributed by atoms with Gasteiger partial charge in [-0.2, -0.15) is 0 Å². The molecule has 96 valence electrons. The Morgan fingerprint density at radius 3 is 2.72 bits per heavy atom. The molecule has 0 unspecified atom stereocenters. The van der Waals surface area contributed by atoms with Crippen molar-refractivity contribution in [3.8, 4) is 5.75 Å². The Hall–Kier alpha value is -1.57. The standard InChI is InChI=1S/C16H20O2/c1-4-18-15-7-5-6-12(9-15)13-8-14(17)11-16(2,3)10-13/h5-9H,4,10-11H2,1-3H3. The zero-order valence-electron chi connectivity index (χ0n) is 11.3. The molecule has 1 aromatic rings. The normalized spacial score (nSPS) is 18.4. The molecule has 0 fully saturated rings. The number of rotatable bonds is 3. The smallest absolute Gasteiger partial charge is 0.156 e. The average Bonchev–Trinajstić information content (AvgIpc) is 2.27. The maximum absolute atomic E-state index is 11.8. The SMILES string of the molecule is CCOc1cccc(C2=CC(=O)CC(C)(C)C2)c1. The second-order valence-electron chi connectivity index (χ2n) is 5.61. The lowest BCUT2D eigenvalue weighted by molar-refractivity contribution is -0.116. The van der Waals surface area contributed by atoms with Crippen LogP contribution >= 0.6 is 0 Å². The molecule has 1 aliphatic carbocycles. The first-order valence-corrected chi connectivity index (χ1v) is 6.47. The van der Waals surface area contributed by atoms with Crippen LogP contribution in [-0.2, 0) is 4.79 Å². The van der Waals surface area contributed by atoms with Gasteiger partial charge in [-0.15, -0.1) is 0 Å². The summed E-state index contributed by atoms with van der Waals surface area (Å²) in [4.78, 5) is 11.8. The summed E-state index contributed by atoms with van der Waals surface area (Å²) in [5.74, 6) is 1.09. The molecule has 0 aliphatic heterocycles. The number of benzene rings is 1. The Labute approximate surface area is 109 Å². The largest absolute Gasteiger partial charge is 0.494 e. The van der Waals surface area contributed by atoms with E-state index in [1.54, 1.807) is 6.08 Å². The van der Waals surface area contributed by atoms with Crippen LogP contribution in [0.15, 0.2) is 30.3 Å². The van der Waals surface area contributed by atoms with Gasteiger partial charge in [0.25, 0.3) is 0 Å². The molecule has 2 rings (SSSR count). The lowest BCUT2D eigenvalue weighted by atomic mass is 9.75. The average molecular weight is 244 g/mol. The van der Waals surface area contributed by atoms with E-state index in [0.29, 0.717) is 13.0 Å². The Morgan fingerprint density at radius 1 is 1.28 bits per heavy atom. The van der Waals surface area contributed by atoms with E-state index in [1.165, 1.54) is 0 Å². The molecule has 0 heterocycles. The lowest BCUT2D eigenvalue weighted by Gasteiger charge is -2.29. The van der Waals surface area contributed by atoms with Gasteiger partial charge in [-0.3, -0.25) is 4.79 Å². The molecule has 0 amide bonds. The highest BCUT2D eigenvalue weighted by Crippen LogP contribution is 2.38. The molecule has 0 spiro atoms. The molecule has 0 atom stereocenters. The Kier molecular flexibility index (Phi) is 3.55. The molecule has 2 nitrogen and oxygen atoms in total. The third kappa shape index (κ3) is 3.00. The number of carbonyl (C=O) groups excluding carboxylic acids is 1. The van der Waals surface area contributed by atoms with E-state index >= 15 is 0 Å². The summed E-state index contributed by atoms with van der Waals surface area (Å²) < 4.78 is 5.50. The molecule has 0 saturated carbocycles. The predicted molar refractivity (Wildman–Crippen MR) is 73.6 cm³/mol. The van der Waals surface area contributed by atoms with Gasteiger partial charge in [-0.1, -0.05) is 26.0 Å². The molecular formula is C16H20O2. The molecule has 0 aromatic heterocycles. The van der Waals surface area contributed by atoms with Gasteiger partial charge in [-0.25, -0.2) is 0 Å². The molecule has 0 saturated heterocycles. The second-order valence-corrected chi connectivity index (χ2v) is 5.61. The number of ketones is 1. The summed E-state index contributed by atoms with van der Waals surface area (Å²) in [6.45, 7) is 6.92. The van der Waals surface area contributed by atoms with Crippen molar-refractivity contribution in [2.24, 2.45) is 5.41 Å². The van der Waals surface area contributed by atoms with Gasteiger partial charge in [0.1, 0.15) is 5.75 Å². The highest BCUT2D eigenvalue weighted by Gasteiger charge is 2.27. The molecule has 0 N–H and O–H groups in total. The van der Waals surface area contributed by atoms with Crippen molar-refractivity contribution >= 4 is 11.4 Å². The number of carbonyl (C=O) groups is 1. The van der Waals surface area contributed by atoms with Gasteiger partial charge in [-0.05, 0) is 48.1 Å². The van der Waals surface area contributed by atoms with E-state index in [0.717, 1.165) is 23.3 Å². The quantitative estimate of drug-likeness (QED) is 0.807. The zero-order chi connectivity index (χ0) is 13.2. The van der Waals surface area contributed by atoms with E-state index in [4.69, 9.17) is 4.74 Å². The minimum atomic E-state index is 0.0583. The lowest BCUT2D eigenvalue weighted by Crippen LogP contribution is -2.21. The van der Waals surface area contributed by atoms with Crippen LogP contribution in [0.2, 0.25) is 0 Å². The molecular weight excluding hydrogens is 224 g/mol. The van der Waals surface area contributed by atoms with Gasteiger partial charge in [0.05, 0.1) is 6.61 Å². The molecule has 0 bridgehead atoms. The van der Waals surface area contributed by atoms with Crippen LogP contribution < -0.4 is 4.74 Å². The first-order chi connectivity index (χ1) is 8.50. The molecule has 1 aliphatic rings. The minimum Gasteiger partial charge on any atom is -0.494 e. The van der Waals surface area contributed by atoms with E-state index in [1.807, 2.05) is 31.2 Å². The summed E-state index contributed by atoms with van der Waals surface area (Å²) in [6, 6.07) is 7.99. The Bertz CT molecular complexity index is 484. The van der Waals surface area contributed by atoms with Crippen LogP contribution in [0.3, 0.4) is 0 Å². The Balaban J connectivity index is 2.31. The minimum absolute atomic E-state index is 0.0583. The van der Waals surface area contributed by atoms with Crippen LogP contribution in [0.25, 0.3) is 5.57 Å². The van der Waals surface area contributed by atoms with Crippen molar-refractivity contribution in [1.82, 2.24) is 0 Å². The topological polar surface area (TPSA) is 26.3 Å². The van der Waals surface area contributed by atoms with E-state index in [2.05, 4.69) is 13.8 Å². The van der Waals surface area contributed by atoms with Gasteiger partial charge < -0.3 is 4.74 Å². The fraction of sp³-hybridized carbons (Fsp3) is 0.438. The van der Waals surface area contributed by atoms with Gasteiger partial charge in [0.15, 0.2) is 5.78 Å². The van der Waals surface area contributed by atoms with Crippen LogP contribution in [0.4, 0.5) is 0 Å². The molecule has 2 heteroatoms. The van der Waals surface area contributed by atoms with Crippen molar-refractivity contribution in [3.63, 3.8) is 0 Å². The van der Waals surface area contributed by atoms with Crippen LogP contribution in [0.1, 0.15) is 39.2 Å². The Morgan fingerprint density at radius 2 is 2.06 bits per heavy atom. The first kappa shape index (κ1) is 12.9. The van der Waals surface area contributed by atoms with E-state index in [-0.39, 0.29) is 11.2 Å². The van der Waals surface area contributed by atoms with Crippen molar-refractivity contribution < 1.29 is 9.53 Å². The first-order valence-electron chi connectivity index (χ1n) is 6.47.